The molecule has 0 aliphatic carbocycles. The molecule has 0 aliphatic rings. The third-order valence-corrected chi connectivity index (χ3v) is 6.34. The molecule has 3 N–H and O–H groups in total. The molecular formula is C34H30N10O3. The highest BCUT2D eigenvalue weighted by Crippen LogP contribution is 2.17. The number of nitrogens with one attached hydrogen (secondary N) is 2. The number of aliphatic hydroxyl groups is 1. The molecule has 47 heavy (non-hydrogen) atoms. The molecule has 0 radical (unpaired) electrons. The number of aryl methyl sites for hydroxylation is 2. The first-order valence-electron chi connectivity index (χ1n) is 14.5. The Morgan fingerprint density at radius 3 is 1.62 bits per heavy atom. The number of carbonyl (C=O) groups is 2. The van der Waals surface area contributed by atoms with Crippen LogP contribution in [0.5, 0.6) is 0 Å². The van der Waals surface area contributed by atoms with Crippen molar-refractivity contribution in [3.63, 3.8) is 0 Å². The first-order valence-corrected chi connectivity index (χ1v) is 14.5. The van der Waals surface area contributed by atoms with Crippen LogP contribution < -0.4 is 10.6 Å². The lowest BCUT2D eigenvalue weighted by molar-refractivity contribution is -0.124. The summed E-state index contributed by atoms with van der Waals surface area (Å²) in [6.07, 6.45) is 2.26. The molecule has 234 valence electrons. The molecule has 0 saturated heterocycles. The van der Waals surface area contributed by atoms with Crippen molar-refractivity contribution in [3.05, 3.63) is 132 Å². The highest BCUT2D eigenvalue weighted by molar-refractivity contribution is 5.93. The van der Waals surface area contributed by atoms with E-state index in [1.807, 2.05) is 60.7 Å². The van der Waals surface area contributed by atoms with E-state index < -0.39 is 12.0 Å². The van der Waals surface area contributed by atoms with Gasteiger partial charge in [-0.25, -0.2) is 9.97 Å². The average Bonchev–Trinajstić information content (AvgIpc) is 3.09. The molecule has 4 heterocycles. The van der Waals surface area contributed by atoms with Crippen molar-refractivity contribution < 1.29 is 14.7 Å². The zero-order valence-corrected chi connectivity index (χ0v) is 25.5. The van der Waals surface area contributed by atoms with Gasteiger partial charge >= 0.3 is 0 Å². The first kappa shape index (κ1) is 32.1. The van der Waals surface area contributed by atoms with Gasteiger partial charge in [-0.1, -0.05) is 72.8 Å². The van der Waals surface area contributed by atoms with Crippen molar-refractivity contribution in [3.8, 4) is 23.0 Å². The Hall–Kier alpha value is -6.34. The number of nitrogens with zero attached hydrogens (tertiary/aromatic N) is 8. The van der Waals surface area contributed by atoms with Gasteiger partial charge in [0, 0.05) is 12.4 Å². The molecule has 0 spiro atoms. The van der Waals surface area contributed by atoms with E-state index >= 15 is 0 Å². The summed E-state index contributed by atoms with van der Waals surface area (Å²) in [5, 5.41) is 15.3. The van der Waals surface area contributed by atoms with E-state index in [9.17, 15) is 14.7 Å². The van der Waals surface area contributed by atoms with E-state index in [0.29, 0.717) is 40.2 Å². The maximum atomic E-state index is 12.2. The van der Waals surface area contributed by atoms with Gasteiger partial charge in [0.05, 0.1) is 6.42 Å². The third kappa shape index (κ3) is 9.33. The lowest BCUT2D eigenvalue weighted by Gasteiger charge is -2.11. The van der Waals surface area contributed by atoms with Crippen molar-refractivity contribution in [1.29, 1.82) is 0 Å². The molecule has 0 aliphatic heterocycles. The zero-order chi connectivity index (χ0) is 33.0. The molecule has 13 nitrogen and oxygen atoms in total. The molecular weight excluding hydrogens is 596 g/mol. The topological polar surface area (TPSA) is 182 Å². The maximum absolute atomic E-state index is 12.2. The van der Waals surface area contributed by atoms with E-state index in [1.165, 1.54) is 0 Å². The first-order chi connectivity index (χ1) is 22.8. The number of aromatic nitrogens is 8. The monoisotopic (exact) mass is 626 g/mol. The van der Waals surface area contributed by atoms with Gasteiger partial charge in [0.15, 0.2) is 17.8 Å². The summed E-state index contributed by atoms with van der Waals surface area (Å²) in [4.78, 5) is 57.9. The normalized spacial score (nSPS) is 11.0. The number of carbonyl (C=O) groups excluding carboxylic acids is 2. The minimum Gasteiger partial charge on any atom is -0.378 e. The van der Waals surface area contributed by atoms with E-state index in [4.69, 9.17) is 0 Å². The number of hydrogen-bond donors (Lipinski definition) is 3. The standard InChI is InChI=1S/C17H15N5O2.C17H15N5O/c1-11-19-15(13-9-5-6-10-18-13)21-17(20-11)22-16(24)14(23)12-7-3-2-4-8-12;1-12-19-16(14-9-5-6-10-18-14)22-17(20-12)21-15(23)11-13-7-3-2-4-8-13/h2-10,14,23H,1H3,(H,19,20,21,22,24);2-10H,11H2,1H3,(H,19,20,21,22,23). The van der Waals surface area contributed by atoms with Crippen LogP contribution in [0, 0.1) is 13.8 Å². The minimum atomic E-state index is -1.30. The molecule has 2 aromatic carbocycles. The largest absolute Gasteiger partial charge is 0.378 e. The quantitative estimate of drug-likeness (QED) is 0.219. The van der Waals surface area contributed by atoms with Crippen LogP contribution in [-0.2, 0) is 16.0 Å². The number of rotatable bonds is 8. The lowest BCUT2D eigenvalue weighted by atomic mass is 10.1. The van der Waals surface area contributed by atoms with Crippen molar-refractivity contribution in [1.82, 2.24) is 39.9 Å². The molecule has 0 bridgehead atoms. The van der Waals surface area contributed by atoms with Gasteiger partial charge in [-0.15, -0.1) is 0 Å². The Balaban J connectivity index is 0.000000185. The second kappa shape index (κ2) is 15.6. The van der Waals surface area contributed by atoms with Crippen molar-refractivity contribution >= 4 is 23.7 Å². The van der Waals surface area contributed by atoms with Crippen LogP contribution in [0.25, 0.3) is 23.0 Å². The molecule has 13 heteroatoms. The molecule has 1 atom stereocenters. The van der Waals surface area contributed by atoms with Gasteiger partial charge < -0.3 is 5.11 Å². The Morgan fingerprint density at radius 2 is 1.11 bits per heavy atom. The van der Waals surface area contributed by atoms with Crippen molar-refractivity contribution in [2.75, 3.05) is 10.6 Å². The van der Waals surface area contributed by atoms with Crippen molar-refractivity contribution in [2.24, 2.45) is 0 Å². The fourth-order valence-electron chi connectivity index (χ4n) is 4.21. The summed E-state index contributed by atoms with van der Waals surface area (Å²) in [5.41, 5.74) is 2.63. The second-order valence-corrected chi connectivity index (χ2v) is 10.0. The molecule has 4 aromatic heterocycles. The average molecular weight is 627 g/mol. The van der Waals surface area contributed by atoms with E-state index in [0.717, 1.165) is 5.56 Å². The van der Waals surface area contributed by atoms with Crippen LogP contribution in [-0.4, -0.2) is 56.8 Å². The lowest BCUT2D eigenvalue weighted by Crippen LogP contribution is -2.22. The van der Waals surface area contributed by atoms with Crippen LogP contribution in [0.2, 0.25) is 0 Å². The van der Waals surface area contributed by atoms with E-state index in [2.05, 4.69) is 50.5 Å². The van der Waals surface area contributed by atoms with Crippen LogP contribution in [0.1, 0.15) is 28.9 Å². The minimum absolute atomic E-state index is 0.0723. The summed E-state index contributed by atoms with van der Waals surface area (Å²) in [5.74, 6) is 1.28. The van der Waals surface area contributed by atoms with E-state index in [-0.39, 0.29) is 24.2 Å². The third-order valence-electron chi connectivity index (χ3n) is 6.34. The van der Waals surface area contributed by atoms with Gasteiger partial charge in [0.25, 0.3) is 5.91 Å². The number of aliphatic hydroxyl groups excluding tert-OH is 1. The Labute approximate surface area is 270 Å². The number of anilines is 2. The molecule has 6 rings (SSSR count). The summed E-state index contributed by atoms with van der Waals surface area (Å²) >= 11 is 0. The molecule has 2 amide bonds. The highest BCUT2D eigenvalue weighted by Gasteiger charge is 2.19. The summed E-state index contributed by atoms with van der Waals surface area (Å²) in [6.45, 7) is 3.44. The summed E-state index contributed by atoms with van der Waals surface area (Å²) in [6, 6.07) is 29.0. The smallest absolute Gasteiger partial charge is 0.260 e. The van der Waals surface area contributed by atoms with Gasteiger partial charge in [-0.3, -0.25) is 30.2 Å². The Kier molecular flexibility index (Phi) is 10.6. The van der Waals surface area contributed by atoms with E-state index in [1.54, 1.807) is 62.6 Å². The molecule has 0 fully saturated rings. The molecule has 6 aromatic rings. The number of pyridine rings is 2. The zero-order valence-electron chi connectivity index (χ0n) is 25.5. The van der Waals surface area contributed by atoms with Gasteiger partial charge in [0.1, 0.15) is 23.0 Å². The molecule has 1 unspecified atom stereocenters. The summed E-state index contributed by atoms with van der Waals surface area (Å²) < 4.78 is 0. The highest BCUT2D eigenvalue weighted by atomic mass is 16.3. The number of benzene rings is 2. The Bertz CT molecular complexity index is 1930. The predicted molar refractivity (Wildman–Crippen MR) is 174 cm³/mol. The van der Waals surface area contributed by atoms with Crippen LogP contribution in [0.4, 0.5) is 11.9 Å². The van der Waals surface area contributed by atoms with Crippen LogP contribution in [0.3, 0.4) is 0 Å². The molecule has 0 saturated carbocycles. The number of hydrogen-bond acceptors (Lipinski definition) is 11. The Morgan fingerprint density at radius 1 is 0.617 bits per heavy atom. The summed E-state index contributed by atoms with van der Waals surface area (Å²) in [7, 11) is 0. The van der Waals surface area contributed by atoms with Gasteiger partial charge in [-0.2, -0.15) is 19.9 Å². The maximum Gasteiger partial charge on any atom is 0.260 e. The van der Waals surface area contributed by atoms with Crippen LogP contribution in [0.15, 0.2) is 109 Å². The van der Waals surface area contributed by atoms with Crippen molar-refractivity contribution in [2.45, 2.75) is 26.4 Å². The second-order valence-electron chi connectivity index (χ2n) is 10.0. The predicted octanol–water partition coefficient (Wildman–Crippen LogP) is 4.34. The fourth-order valence-corrected chi connectivity index (χ4v) is 4.21. The fraction of sp³-hybridized carbons (Fsp3) is 0.118. The van der Waals surface area contributed by atoms with Gasteiger partial charge in [0.2, 0.25) is 17.8 Å². The SMILES string of the molecule is Cc1nc(NC(=O)C(O)c2ccccc2)nc(-c2ccccn2)n1.Cc1nc(NC(=O)Cc2ccccc2)nc(-c2ccccn2)n1. The number of amides is 2. The van der Waals surface area contributed by atoms with Gasteiger partial charge in [-0.05, 0) is 49.2 Å². The van der Waals surface area contributed by atoms with Crippen LogP contribution >= 0.6 is 0 Å².